The molecule has 0 aliphatic heterocycles. The molecule has 1 atom stereocenters. The summed E-state index contributed by atoms with van der Waals surface area (Å²) in [5, 5.41) is 0. The van der Waals surface area contributed by atoms with E-state index in [1.54, 1.807) is 6.08 Å². The van der Waals surface area contributed by atoms with Crippen LogP contribution in [0.4, 0.5) is 0 Å². The van der Waals surface area contributed by atoms with Gasteiger partial charge < -0.3 is 0 Å². The lowest BCUT2D eigenvalue weighted by molar-refractivity contribution is -0.117. The molecule has 0 saturated heterocycles. The molecule has 0 fully saturated rings. The molecule has 2 nitrogen and oxygen atoms in total. The first-order valence-electron chi connectivity index (χ1n) is 6.31. The number of Topliss-reactive ketones (excluding diaryl/α,β-unsaturated/α-hetero) is 1. The van der Waals surface area contributed by atoms with Gasteiger partial charge in [0.1, 0.15) is 0 Å². The highest BCUT2D eigenvalue weighted by molar-refractivity contribution is 5.96. The fourth-order valence-corrected chi connectivity index (χ4v) is 2.08. The molecule has 0 bridgehead atoms. The van der Waals surface area contributed by atoms with Crippen molar-refractivity contribution in [3.8, 4) is 0 Å². The molecule has 2 heteroatoms. The zero-order chi connectivity index (χ0) is 13.0. The van der Waals surface area contributed by atoms with Crippen LogP contribution in [0.25, 0.3) is 0 Å². The average molecular weight is 234 g/mol. The Morgan fingerprint density at radius 2 is 2.18 bits per heavy atom. The SMILES string of the molecule is CC1=CCC(/C(C)=C\C(=O)CC(C)C)CC1=O. The number of hydrogen-bond donors (Lipinski definition) is 0. The molecule has 1 aliphatic carbocycles. The van der Waals surface area contributed by atoms with Crippen LogP contribution in [-0.4, -0.2) is 11.6 Å². The molecule has 17 heavy (non-hydrogen) atoms. The Hall–Kier alpha value is -1.18. The lowest BCUT2D eigenvalue weighted by Crippen LogP contribution is -2.16. The molecule has 0 aromatic rings. The van der Waals surface area contributed by atoms with Crippen molar-refractivity contribution >= 4 is 11.6 Å². The summed E-state index contributed by atoms with van der Waals surface area (Å²) in [4.78, 5) is 23.3. The summed E-state index contributed by atoms with van der Waals surface area (Å²) in [6.45, 7) is 7.90. The molecule has 0 spiro atoms. The summed E-state index contributed by atoms with van der Waals surface area (Å²) >= 11 is 0. The Bertz CT molecular complexity index is 372. The van der Waals surface area contributed by atoms with Crippen molar-refractivity contribution in [2.75, 3.05) is 0 Å². The molecule has 0 amide bonds. The van der Waals surface area contributed by atoms with Gasteiger partial charge in [-0.2, -0.15) is 0 Å². The minimum Gasteiger partial charge on any atom is -0.295 e. The molecule has 1 aliphatic rings. The first-order chi connectivity index (χ1) is 7.90. The minimum atomic E-state index is 0.177. The number of ketones is 2. The lowest BCUT2D eigenvalue weighted by Gasteiger charge is -2.20. The summed E-state index contributed by atoms with van der Waals surface area (Å²) in [7, 11) is 0. The van der Waals surface area contributed by atoms with Crippen LogP contribution < -0.4 is 0 Å². The highest BCUT2D eigenvalue weighted by atomic mass is 16.1. The summed E-state index contributed by atoms with van der Waals surface area (Å²) in [5.74, 6) is 1.01. The maximum absolute atomic E-state index is 11.7. The molecule has 0 aromatic heterocycles. The van der Waals surface area contributed by atoms with Crippen molar-refractivity contribution < 1.29 is 9.59 Å². The normalized spacial score (nSPS) is 21.7. The molecule has 0 heterocycles. The van der Waals surface area contributed by atoms with E-state index in [0.29, 0.717) is 18.8 Å². The van der Waals surface area contributed by atoms with Crippen LogP contribution in [0, 0.1) is 11.8 Å². The largest absolute Gasteiger partial charge is 0.295 e. The van der Waals surface area contributed by atoms with Crippen LogP contribution in [0.15, 0.2) is 23.3 Å². The van der Waals surface area contributed by atoms with E-state index in [1.165, 1.54) is 0 Å². The maximum atomic E-state index is 11.7. The van der Waals surface area contributed by atoms with Crippen LogP contribution in [0.1, 0.15) is 47.0 Å². The number of allylic oxidation sites excluding steroid dienone is 4. The first-order valence-corrected chi connectivity index (χ1v) is 6.31. The number of rotatable bonds is 4. The third kappa shape index (κ3) is 4.29. The van der Waals surface area contributed by atoms with E-state index in [-0.39, 0.29) is 17.5 Å². The highest BCUT2D eigenvalue weighted by Crippen LogP contribution is 2.26. The summed E-state index contributed by atoms with van der Waals surface area (Å²) in [6.07, 6.45) is 5.74. The molecule has 0 aromatic carbocycles. The van der Waals surface area contributed by atoms with Gasteiger partial charge in [-0.3, -0.25) is 9.59 Å². The van der Waals surface area contributed by atoms with E-state index >= 15 is 0 Å². The smallest absolute Gasteiger partial charge is 0.158 e. The topological polar surface area (TPSA) is 34.1 Å². The minimum absolute atomic E-state index is 0.177. The predicted molar refractivity (Wildman–Crippen MR) is 69.7 cm³/mol. The van der Waals surface area contributed by atoms with Crippen LogP contribution >= 0.6 is 0 Å². The van der Waals surface area contributed by atoms with Crippen molar-refractivity contribution in [3.05, 3.63) is 23.3 Å². The summed E-state index contributed by atoms with van der Waals surface area (Å²) < 4.78 is 0. The van der Waals surface area contributed by atoms with Gasteiger partial charge >= 0.3 is 0 Å². The van der Waals surface area contributed by atoms with E-state index in [1.807, 2.05) is 33.8 Å². The molecular weight excluding hydrogens is 212 g/mol. The second-order valence-electron chi connectivity index (χ2n) is 5.40. The quantitative estimate of drug-likeness (QED) is 0.698. The Balaban J connectivity index is 2.65. The number of carbonyl (C=O) groups excluding carboxylic acids is 2. The molecule has 0 radical (unpaired) electrons. The van der Waals surface area contributed by atoms with E-state index < -0.39 is 0 Å². The predicted octanol–water partition coefficient (Wildman–Crippen LogP) is 3.47. The van der Waals surface area contributed by atoms with Gasteiger partial charge in [0, 0.05) is 12.8 Å². The van der Waals surface area contributed by atoms with E-state index in [4.69, 9.17) is 0 Å². The van der Waals surface area contributed by atoms with Crippen molar-refractivity contribution in [2.45, 2.75) is 47.0 Å². The van der Waals surface area contributed by atoms with Crippen LogP contribution in [0.2, 0.25) is 0 Å². The van der Waals surface area contributed by atoms with Crippen LogP contribution in [0.3, 0.4) is 0 Å². The van der Waals surface area contributed by atoms with E-state index in [0.717, 1.165) is 17.6 Å². The third-order valence-electron chi connectivity index (χ3n) is 3.22. The first kappa shape index (κ1) is 13.9. The zero-order valence-corrected chi connectivity index (χ0v) is 11.2. The Morgan fingerprint density at radius 3 is 2.71 bits per heavy atom. The van der Waals surface area contributed by atoms with Crippen molar-refractivity contribution in [1.82, 2.24) is 0 Å². The fourth-order valence-electron chi connectivity index (χ4n) is 2.08. The Labute approximate surface area is 104 Å². The number of carbonyl (C=O) groups is 2. The monoisotopic (exact) mass is 234 g/mol. The second kappa shape index (κ2) is 5.95. The molecule has 0 N–H and O–H groups in total. The number of hydrogen-bond acceptors (Lipinski definition) is 2. The van der Waals surface area contributed by atoms with Gasteiger partial charge in [-0.15, -0.1) is 0 Å². The van der Waals surface area contributed by atoms with Gasteiger partial charge in [0.2, 0.25) is 0 Å². The second-order valence-corrected chi connectivity index (χ2v) is 5.40. The van der Waals surface area contributed by atoms with Crippen LogP contribution in [0.5, 0.6) is 0 Å². The zero-order valence-electron chi connectivity index (χ0n) is 11.2. The van der Waals surface area contributed by atoms with Gasteiger partial charge in [-0.05, 0) is 43.8 Å². The Morgan fingerprint density at radius 1 is 1.53 bits per heavy atom. The molecule has 1 unspecified atom stereocenters. The molecule has 94 valence electrons. The summed E-state index contributed by atoms with van der Waals surface area (Å²) in [5.41, 5.74) is 1.91. The maximum Gasteiger partial charge on any atom is 0.158 e. The van der Waals surface area contributed by atoms with Gasteiger partial charge in [0.15, 0.2) is 11.6 Å². The van der Waals surface area contributed by atoms with Gasteiger partial charge in [0.05, 0.1) is 0 Å². The fraction of sp³-hybridized carbons (Fsp3) is 0.600. The van der Waals surface area contributed by atoms with Gasteiger partial charge in [-0.1, -0.05) is 25.5 Å². The molecule has 0 saturated carbocycles. The van der Waals surface area contributed by atoms with Crippen molar-refractivity contribution in [1.29, 1.82) is 0 Å². The molecular formula is C15H22O2. The van der Waals surface area contributed by atoms with Crippen molar-refractivity contribution in [3.63, 3.8) is 0 Å². The highest BCUT2D eigenvalue weighted by Gasteiger charge is 2.20. The van der Waals surface area contributed by atoms with Gasteiger partial charge in [0.25, 0.3) is 0 Å². The average Bonchev–Trinajstić information content (AvgIpc) is 2.20. The van der Waals surface area contributed by atoms with E-state index in [9.17, 15) is 9.59 Å². The molecule has 1 rings (SSSR count). The van der Waals surface area contributed by atoms with E-state index in [2.05, 4.69) is 0 Å². The third-order valence-corrected chi connectivity index (χ3v) is 3.22. The van der Waals surface area contributed by atoms with Crippen molar-refractivity contribution in [2.24, 2.45) is 11.8 Å². The standard InChI is InChI=1S/C15H22O2/c1-10(2)7-14(16)8-12(4)13-6-5-11(3)15(17)9-13/h5,8,10,13H,6-7,9H2,1-4H3/b12-8-. The lowest BCUT2D eigenvalue weighted by atomic mass is 9.84. The Kier molecular flexibility index (Phi) is 4.86. The van der Waals surface area contributed by atoms with Crippen LogP contribution in [-0.2, 0) is 9.59 Å². The van der Waals surface area contributed by atoms with Gasteiger partial charge in [-0.25, -0.2) is 0 Å². The summed E-state index contributed by atoms with van der Waals surface area (Å²) in [6, 6.07) is 0.